The predicted molar refractivity (Wildman–Crippen MR) is 70.1 cm³/mol. The van der Waals surface area contributed by atoms with Crippen molar-refractivity contribution in [3.8, 4) is 0 Å². The maximum atomic E-state index is 12.4. The Balaban J connectivity index is 2.11. The fourth-order valence-corrected chi connectivity index (χ4v) is 2.26. The molecule has 0 unspecified atom stereocenters. The second-order valence-corrected chi connectivity index (χ2v) is 5.12. The molecule has 0 aliphatic carbocycles. The minimum absolute atomic E-state index is 0.109. The average molecular weight is 317 g/mol. The van der Waals surface area contributed by atoms with E-state index in [0.717, 1.165) is 11.8 Å². The molecule has 0 aromatic carbocycles. The highest BCUT2D eigenvalue weighted by molar-refractivity contribution is 7.09. The number of thiazole rings is 1. The maximum Gasteiger partial charge on any atom is 0.431 e. The number of pyridine rings is 1. The van der Waals surface area contributed by atoms with Gasteiger partial charge in [-0.05, 0) is 19.1 Å². The van der Waals surface area contributed by atoms with Crippen LogP contribution in [-0.4, -0.2) is 15.9 Å². The molecule has 1 amide bonds. The number of rotatable bonds is 3. The van der Waals surface area contributed by atoms with Crippen LogP contribution in [0.5, 0.6) is 0 Å². The number of hydrogen-bond acceptors (Lipinski definition) is 4. The van der Waals surface area contributed by atoms with Crippen molar-refractivity contribution in [2.45, 2.75) is 19.6 Å². The van der Waals surface area contributed by atoms with Crippen LogP contribution in [-0.2, 0) is 12.7 Å². The van der Waals surface area contributed by atoms with Crippen LogP contribution >= 0.6 is 11.3 Å². The molecule has 0 radical (unpaired) electrons. The molecule has 2 heterocycles. The van der Waals surface area contributed by atoms with Crippen molar-refractivity contribution in [1.82, 2.24) is 15.3 Å². The number of nitrogens with one attached hydrogen (secondary N) is 2. The van der Waals surface area contributed by atoms with Gasteiger partial charge in [0.25, 0.3) is 11.5 Å². The first-order valence-corrected chi connectivity index (χ1v) is 6.65. The highest BCUT2D eigenvalue weighted by atomic mass is 32.1. The van der Waals surface area contributed by atoms with Crippen LogP contribution in [0.1, 0.15) is 26.8 Å². The van der Waals surface area contributed by atoms with E-state index in [9.17, 15) is 22.8 Å². The van der Waals surface area contributed by atoms with Gasteiger partial charge in [-0.25, -0.2) is 4.98 Å². The van der Waals surface area contributed by atoms with Gasteiger partial charge in [-0.3, -0.25) is 9.59 Å². The third-order valence-electron chi connectivity index (χ3n) is 2.53. The largest absolute Gasteiger partial charge is 0.431 e. The van der Waals surface area contributed by atoms with Gasteiger partial charge in [-0.1, -0.05) is 0 Å². The lowest BCUT2D eigenvalue weighted by Crippen LogP contribution is -2.30. The number of aryl methyl sites for hydroxylation is 1. The summed E-state index contributed by atoms with van der Waals surface area (Å²) in [6, 6.07) is 1.51. The lowest BCUT2D eigenvalue weighted by molar-refractivity contribution is -0.141. The number of carbonyl (C=O) groups excluding carboxylic acids is 1. The smallest absolute Gasteiger partial charge is 0.345 e. The van der Waals surface area contributed by atoms with E-state index < -0.39 is 23.3 Å². The number of halogens is 3. The molecule has 112 valence electrons. The Kier molecular flexibility index (Phi) is 4.12. The summed E-state index contributed by atoms with van der Waals surface area (Å²) in [5.74, 6) is -0.752. The Labute approximate surface area is 120 Å². The van der Waals surface area contributed by atoms with Crippen LogP contribution in [0.3, 0.4) is 0 Å². The van der Waals surface area contributed by atoms with E-state index in [2.05, 4.69) is 10.3 Å². The van der Waals surface area contributed by atoms with Gasteiger partial charge in [-0.15, -0.1) is 11.3 Å². The summed E-state index contributed by atoms with van der Waals surface area (Å²) in [6.07, 6.45) is -4.66. The lowest BCUT2D eigenvalue weighted by atomic mass is 10.2. The third kappa shape index (κ3) is 3.69. The van der Waals surface area contributed by atoms with Crippen molar-refractivity contribution < 1.29 is 18.0 Å². The lowest BCUT2D eigenvalue weighted by Gasteiger charge is -2.07. The molecule has 2 rings (SSSR count). The molecule has 0 spiro atoms. The standard InChI is InChI=1S/C12H10F3N3O2S/c1-6-5-21-9(17-6)4-16-10(19)7-2-3-8(12(13,14)15)18-11(7)20/h2-3,5H,4H2,1H3,(H,16,19)(H,18,20). The number of H-pyrrole nitrogens is 1. The van der Waals surface area contributed by atoms with Gasteiger partial charge < -0.3 is 10.3 Å². The van der Waals surface area contributed by atoms with Gasteiger partial charge >= 0.3 is 6.18 Å². The van der Waals surface area contributed by atoms with Gasteiger partial charge in [0.1, 0.15) is 16.3 Å². The second-order valence-electron chi connectivity index (χ2n) is 4.18. The quantitative estimate of drug-likeness (QED) is 0.910. The van der Waals surface area contributed by atoms with Crippen molar-refractivity contribution >= 4 is 17.2 Å². The summed E-state index contributed by atoms with van der Waals surface area (Å²) in [5.41, 5.74) is -1.86. The zero-order chi connectivity index (χ0) is 15.6. The van der Waals surface area contributed by atoms with Crippen molar-refractivity contribution in [3.63, 3.8) is 0 Å². The van der Waals surface area contributed by atoms with Crippen LogP contribution in [0.2, 0.25) is 0 Å². The topological polar surface area (TPSA) is 74.8 Å². The average Bonchev–Trinajstić information content (AvgIpc) is 2.80. The Bertz CT molecular complexity index is 721. The van der Waals surface area contributed by atoms with Gasteiger partial charge in [0.05, 0.1) is 6.54 Å². The number of amides is 1. The van der Waals surface area contributed by atoms with Gasteiger partial charge in [0, 0.05) is 11.1 Å². The third-order valence-corrected chi connectivity index (χ3v) is 3.49. The monoisotopic (exact) mass is 317 g/mol. The first-order valence-electron chi connectivity index (χ1n) is 5.77. The summed E-state index contributed by atoms with van der Waals surface area (Å²) in [6.45, 7) is 1.90. The molecule has 5 nitrogen and oxygen atoms in total. The van der Waals surface area contributed by atoms with E-state index in [0.29, 0.717) is 11.1 Å². The molecule has 0 fully saturated rings. The van der Waals surface area contributed by atoms with Crippen molar-refractivity contribution in [1.29, 1.82) is 0 Å². The SMILES string of the molecule is Cc1csc(CNC(=O)c2ccc(C(F)(F)F)[nH]c2=O)n1. The molecule has 0 aliphatic rings. The van der Waals surface area contributed by atoms with Crippen LogP contribution in [0, 0.1) is 6.92 Å². The minimum Gasteiger partial charge on any atom is -0.345 e. The summed E-state index contributed by atoms with van der Waals surface area (Å²) in [5, 5.41) is 4.88. The van der Waals surface area contributed by atoms with Crippen LogP contribution in [0.4, 0.5) is 13.2 Å². The minimum atomic E-state index is -4.66. The molecule has 0 atom stereocenters. The van der Waals surface area contributed by atoms with Crippen molar-refractivity contribution in [2.24, 2.45) is 0 Å². The van der Waals surface area contributed by atoms with E-state index in [1.807, 2.05) is 0 Å². The summed E-state index contributed by atoms with van der Waals surface area (Å²) >= 11 is 1.34. The normalized spacial score (nSPS) is 11.4. The van der Waals surface area contributed by atoms with E-state index in [1.165, 1.54) is 11.3 Å². The first kappa shape index (κ1) is 15.2. The zero-order valence-electron chi connectivity index (χ0n) is 10.7. The molecular weight excluding hydrogens is 307 g/mol. The molecule has 9 heteroatoms. The summed E-state index contributed by atoms with van der Waals surface area (Å²) in [7, 11) is 0. The van der Waals surface area contributed by atoms with E-state index >= 15 is 0 Å². The van der Waals surface area contributed by atoms with Gasteiger partial charge in [0.2, 0.25) is 0 Å². The summed E-state index contributed by atoms with van der Waals surface area (Å²) < 4.78 is 37.2. The molecule has 2 N–H and O–H groups in total. The Hall–Kier alpha value is -2.16. The van der Waals surface area contributed by atoms with Gasteiger partial charge in [0.15, 0.2) is 0 Å². The molecule has 2 aromatic heterocycles. The van der Waals surface area contributed by atoms with Crippen molar-refractivity contribution in [3.05, 3.63) is 49.8 Å². The predicted octanol–water partition coefficient (Wildman–Crippen LogP) is 2.09. The fourth-order valence-electron chi connectivity index (χ4n) is 1.55. The highest BCUT2D eigenvalue weighted by Crippen LogP contribution is 2.26. The number of aromatic nitrogens is 2. The Morgan fingerprint density at radius 3 is 2.67 bits per heavy atom. The van der Waals surface area contributed by atoms with E-state index in [1.54, 1.807) is 17.3 Å². The zero-order valence-corrected chi connectivity index (χ0v) is 11.6. The Morgan fingerprint density at radius 1 is 1.43 bits per heavy atom. The fraction of sp³-hybridized carbons (Fsp3) is 0.250. The van der Waals surface area contributed by atoms with E-state index in [4.69, 9.17) is 0 Å². The second kappa shape index (κ2) is 5.68. The van der Waals surface area contributed by atoms with E-state index in [-0.39, 0.29) is 12.1 Å². The van der Waals surface area contributed by atoms with Crippen LogP contribution < -0.4 is 10.9 Å². The van der Waals surface area contributed by atoms with Gasteiger partial charge in [-0.2, -0.15) is 13.2 Å². The molecule has 0 saturated heterocycles. The number of hydrogen-bond donors (Lipinski definition) is 2. The number of carbonyl (C=O) groups is 1. The molecule has 2 aromatic rings. The van der Waals surface area contributed by atoms with Crippen LogP contribution in [0.25, 0.3) is 0 Å². The number of aromatic amines is 1. The summed E-state index contributed by atoms with van der Waals surface area (Å²) in [4.78, 5) is 29.0. The molecule has 0 aliphatic heterocycles. The van der Waals surface area contributed by atoms with Crippen LogP contribution in [0.15, 0.2) is 22.3 Å². The molecule has 21 heavy (non-hydrogen) atoms. The maximum absolute atomic E-state index is 12.4. The van der Waals surface area contributed by atoms with Crippen molar-refractivity contribution in [2.75, 3.05) is 0 Å². The highest BCUT2D eigenvalue weighted by Gasteiger charge is 2.32. The molecule has 0 saturated carbocycles. The number of nitrogens with zero attached hydrogens (tertiary/aromatic N) is 1. The Morgan fingerprint density at radius 2 is 2.14 bits per heavy atom. The molecule has 0 bridgehead atoms. The first-order chi connectivity index (χ1) is 9.77. The number of alkyl halides is 3. The molecular formula is C12H10F3N3O2S.